The zero-order valence-electron chi connectivity index (χ0n) is 13.3. The summed E-state index contributed by atoms with van der Waals surface area (Å²) < 4.78 is 36.2. The number of cyclic esters (lactones) is 1. The predicted molar refractivity (Wildman–Crippen MR) is 86.3 cm³/mol. The Morgan fingerprint density at radius 1 is 1.38 bits per heavy atom. The van der Waals surface area contributed by atoms with Crippen molar-refractivity contribution in [1.82, 2.24) is 4.31 Å². The van der Waals surface area contributed by atoms with Gasteiger partial charge in [-0.25, -0.2) is 18.0 Å². The maximum Gasteiger partial charge on any atom is 0.347 e. The number of benzene rings is 1. The van der Waals surface area contributed by atoms with Gasteiger partial charge in [0, 0.05) is 19.5 Å². The zero-order chi connectivity index (χ0) is 17.9. The van der Waals surface area contributed by atoms with Crippen LogP contribution in [-0.2, 0) is 24.3 Å². The number of ether oxygens (including phenoxy) is 2. The number of carbonyl (C=O) groups is 2. The van der Waals surface area contributed by atoms with Crippen LogP contribution in [0.5, 0.6) is 0 Å². The van der Waals surface area contributed by atoms with Crippen LogP contribution in [0.4, 0.5) is 0 Å². The van der Waals surface area contributed by atoms with Crippen LogP contribution in [0, 0.1) is 0 Å². The monoisotopic (exact) mass is 375 g/mol. The van der Waals surface area contributed by atoms with E-state index in [0.717, 1.165) is 0 Å². The lowest BCUT2D eigenvalue weighted by Crippen LogP contribution is -2.31. The fourth-order valence-corrected chi connectivity index (χ4v) is 4.27. The average Bonchev–Trinajstić information content (AvgIpc) is 2.93. The van der Waals surface area contributed by atoms with Crippen LogP contribution >= 0.6 is 11.6 Å². The molecule has 0 radical (unpaired) electrons. The number of hydrogen-bond donors (Lipinski definition) is 0. The Balaban J connectivity index is 2.31. The van der Waals surface area contributed by atoms with Crippen molar-refractivity contribution < 1.29 is 27.5 Å². The van der Waals surface area contributed by atoms with E-state index in [1.807, 2.05) is 0 Å². The van der Waals surface area contributed by atoms with Gasteiger partial charge in [0.05, 0.1) is 17.2 Å². The van der Waals surface area contributed by atoms with Gasteiger partial charge < -0.3 is 9.47 Å². The van der Waals surface area contributed by atoms with Gasteiger partial charge >= 0.3 is 11.9 Å². The Kier molecular flexibility index (Phi) is 5.84. The van der Waals surface area contributed by atoms with Crippen molar-refractivity contribution in [2.75, 3.05) is 19.7 Å². The summed E-state index contributed by atoms with van der Waals surface area (Å²) in [6.07, 6.45) is -0.681. The molecule has 9 heteroatoms. The first kappa shape index (κ1) is 18.7. The highest BCUT2D eigenvalue weighted by Crippen LogP contribution is 2.26. The largest absolute Gasteiger partial charge is 0.463 e. The molecule has 132 valence electrons. The third-order valence-electron chi connectivity index (χ3n) is 3.63. The molecule has 1 aromatic rings. The highest BCUT2D eigenvalue weighted by molar-refractivity contribution is 7.89. The predicted octanol–water partition coefficient (Wildman–Crippen LogP) is 1.84. The number of nitrogens with zero attached hydrogens (tertiary/aromatic N) is 1. The maximum absolute atomic E-state index is 12.6. The van der Waals surface area contributed by atoms with E-state index in [1.165, 1.54) is 22.5 Å². The molecule has 0 spiro atoms. The van der Waals surface area contributed by atoms with Crippen molar-refractivity contribution in [3.05, 3.63) is 28.8 Å². The first-order valence-electron chi connectivity index (χ1n) is 7.48. The fraction of sp³-hybridized carbons (Fsp3) is 0.467. The summed E-state index contributed by atoms with van der Waals surface area (Å²) in [6, 6.07) is 3.84. The summed E-state index contributed by atoms with van der Waals surface area (Å²) in [7, 11) is -3.82. The molecule has 1 aliphatic heterocycles. The van der Waals surface area contributed by atoms with Crippen molar-refractivity contribution in [3.63, 3.8) is 0 Å². The van der Waals surface area contributed by atoms with Gasteiger partial charge in [-0.1, -0.05) is 25.4 Å². The van der Waals surface area contributed by atoms with Gasteiger partial charge in [-0.3, -0.25) is 0 Å². The van der Waals surface area contributed by atoms with E-state index in [0.29, 0.717) is 0 Å². The summed E-state index contributed by atoms with van der Waals surface area (Å²) in [5.74, 6) is -1.40. The minimum Gasteiger partial charge on any atom is -0.463 e. The standard InChI is InChI=1S/C15H18ClNO6S/c1-3-17(4-2)24(20,21)13-9-10(5-6-11(13)16)14(18)23-12-7-8-22-15(12)19/h5-6,9,12H,3-4,7-8H2,1-2H3/t12-/m0/s1. The van der Waals surface area contributed by atoms with Gasteiger partial charge in [0.25, 0.3) is 0 Å². The fourth-order valence-electron chi connectivity index (χ4n) is 2.31. The Labute approximate surface area is 145 Å². The van der Waals surface area contributed by atoms with Crippen molar-refractivity contribution >= 4 is 33.6 Å². The lowest BCUT2D eigenvalue weighted by molar-refractivity contribution is -0.145. The smallest absolute Gasteiger partial charge is 0.347 e. The van der Waals surface area contributed by atoms with Crippen LogP contribution in [-0.4, -0.2) is 50.5 Å². The topological polar surface area (TPSA) is 90.0 Å². The van der Waals surface area contributed by atoms with Crippen molar-refractivity contribution in [1.29, 1.82) is 0 Å². The molecule has 1 heterocycles. The molecule has 2 rings (SSSR count). The molecule has 7 nitrogen and oxygen atoms in total. The summed E-state index contributed by atoms with van der Waals surface area (Å²) in [5, 5.41) is 0.0127. The maximum atomic E-state index is 12.6. The molecule has 1 fully saturated rings. The van der Waals surface area contributed by atoms with Crippen LogP contribution < -0.4 is 0 Å². The molecule has 24 heavy (non-hydrogen) atoms. The normalized spacial score (nSPS) is 17.8. The van der Waals surface area contributed by atoms with Gasteiger partial charge in [0.2, 0.25) is 16.1 Å². The molecule has 1 saturated heterocycles. The van der Waals surface area contributed by atoms with Gasteiger partial charge in [0.1, 0.15) is 4.90 Å². The lowest BCUT2D eigenvalue weighted by atomic mass is 10.2. The third kappa shape index (κ3) is 3.71. The van der Waals surface area contributed by atoms with Crippen LogP contribution in [0.2, 0.25) is 5.02 Å². The van der Waals surface area contributed by atoms with Crippen LogP contribution in [0.25, 0.3) is 0 Å². The molecule has 0 bridgehead atoms. The Bertz CT molecular complexity index is 744. The van der Waals surface area contributed by atoms with Crippen LogP contribution in [0.1, 0.15) is 30.6 Å². The van der Waals surface area contributed by atoms with E-state index in [4.69, 9.17) is 21.1 Å². The molecule has 0 N–H and O–H groups in total. The van der Waals surface area contributed by atoms with Crippen molar-refractivity contribution in [3.8, 4) is 0 Å². The average molecular weight is 376 g/mol. The van der Waals surface area contributed by atoms with Gasteiger partial charge in [0.15, 0.2) is 0 Å². The molecule has 0 amide bonds. The molecule has 1 atom stereocenters. The summed E-state index contributed by atoms with van der Waals surface area (Å²) in [5.41, 5.74) is 0.00447. The Morgan fingerprint density at radius 3 is 2.58 bits per heavy atom. The lowest BCUT2D eigenvalue weighted by Gasteiger charge is -2.19. The van der Waals surface area contributed by atoms with Gasteiger partial charge in [-0.05, 0) is 18.2 Å². The van der Waals surface area contributed by atoms with Crippen molar-refractivity contribution in [2.24, 2.45) is 0 Å². The highest BCUT2D eigenvalue weighted by atomic mass is 35.5. The second-order valence-electron chi connectivity index (χ2n) is 5.08. The third-order valence-corrected chi connectivity index (χ3v) is 6.16. The molecule has 0 unspecified atom stereocenters. The minimum absolute atomic E-state index is 0.00447. The second kappa shape index (κ2) is 7.50. The second-order valence-corrected chi connectivity index (χ2v) is 7.40. The first-order valence-corrected chi connectivity index (χ1v) is 9.30. The van der Waals surface area contributed by atoms with E-state index in [1.54, 1.807) is 13.8 Å². The van der Waals surface area contributed by atoms with E-state index in [-0.39, 0.29) is 41.6 Å². The highest BCUT2D eigenvalue weighted by Gasteiger charge is 2.31. The summed E-state index contributed by atoms with van der Waals surface area (Å²) in [6.45, 7) is 4.16. The number of rotatable bonds is 6. The van der Waals surface area contributed by atoms with E-state index < -0.39 is 28.1 Å². The van der Waals surface area contributed by atoms with Crippen molar-refractivity contribution in [2.45, 2.75) is 31.3 Å². The number of esters is 2. The molecular weight excluding hydrogens is 358 g/mol. The van der Waals surface area contributed by atoms with Crippen LogP contribution in [0.15, 0.2) is 23.1 Å². The molecule has 1 aromatic carbocycles. The summed E-state index contributed by atoms with van der Waals surface area (Å²) in [4.78, 5) is 23.4. The SMILES string of the molecule is CCN(CC)S(=O)(=O)c1cc(C(=O)O[C@H]2CCOC2=O)ccc1Cl. The number of halogens is 1. The van der Waals surface area contributed by atoms with E-state index in [9.17, 15) is 18.0 Å². The molecule has 0 saturated carbocycles. The Hall–Kier alpha value is -1.64. The molecular formula is C15H18ClNO6S. The minimum atomic E-state index is -3.82. The molecule has 0 aromatic heterocycles. The summed E-state index contributed by atoms with van der Waals surface area (Å²) >= 11 is 6.00. The first-order chi connectivity index (χ1) is 11.3. The molecule has 1 aliphatic rings. The van der Waals surface area contributed by atoms with Gasteiger partial charge in [-0.2, -0.15) is 4.31 Å². The van der Waals surface area contributed by atoms with E-state index in [2.05, 4.69) is 0 Å². The number of carbonyl (C=O) groups excluding carboxylic acids is 2. The van der Waals surface area contributed by atoms with Gasteiger partial charge in [-0.15, -0.1) is 0 Å². The van der Waals surface area contributed by atoms with E-state index >= 15 is 0 Å². The Morgan fingerprint density at radius 2 is 2.04 bits per heavy atom. The van der Waals surface area contributed by atoms with Crippen LogP contribution in [0.3, 0.4) is 0 Å². The number of hydrogen-bond acceptors (Lipinski definition) is 6. The quantitative estimate of drug-likeness (QED) is 0.705. The number of sulfonamides is 1. The molecule has 0 aliphatic carbocycles. The zero-order valence-corrected chi connectivity index (χ0v) is 14.9.